The summed E-state index contributed by atoms with van der Waals surface area (Å²) in [5.74, 6) is 1.29. The molecular weight excluding hydrogens is 356 g/mol. The molecule has 0 radical (unpaired) electrons. The van der Waals surface area contributed by atoms with Gasteiger partial charge in [-0.25, -0.2) is 0 Å². The van der Waals surface area contributed by atoms with E-state index in [0.717, 1.165) is 31.7 Å². The molecule has 3 unspecified atom stereocenters. The number of nitrogens with one attached hydrogen (secondary N) is 1. The number of methoxy groups -OCH3 is 1. The minimum atomic E-state index is -0.00278. The smallest absolute Gasteiger partial charge is 0.236 e. The van der Waals surface area contributed by atoms with Crippen molar-refractivity contribution < 1.29 is 14.3 Å². The lowest BCUT2D eigenvalue weighted by Gasteiger charge is -2.51. The highest BCUT2D eigenvalue weighted by Crippen LogP contribution is 2.43. The van der Waals surface area contributed by atoms with Crippen LogP contribution >= 0.6 is 0 Å². The van der Waals surface area contributed by atoms with Crippen LogP contribution in [0.15, 0.2) is 18.2 Å². The van der Waals surface area contributed by atoms with Crippen LogP contribution in [0.3, 0.4) is 0 Å². The number of hydrogen-bond donors (Lipinski definition) is 1. The largest absolute Gasteiger partial charge is 0.497 e. The van der Waals surface area contributed by atoms with Crippen molar-refractivity contribution in [2.45, 2.75) is 30.8 Å². The molecule has 0 saturated carbocycles. The number of carbonyl (C=O) groups is 2. The number of fused-ring (bicyclic) bond motifs is 4. The number of piperidine rings is 1. The van der Waals surface area contributed by atoms with Crippen molar-refractivity contribution in [2.75, 3.05) is 53.9 Å². The van der Waals surface area contributed by atoms with Crippen molar-refractivity contribution in [1.29, 1.82) is 0 Å². The summed E-state index contributed by atoms with van der Waals surface area (Å²) in [6, 6.07) is 6.83. The normalized spacial score (nSPS) is 27.7. The fourth-order valence-electron chi connectivity index (χ4n) is 5.10. The maximum Gasteiger partial charge on any atom is 0.236 e. The first kappa shape index (κ1) is 19.2. The lowest BCUT2D eigenvalue weighted by Crippen LogP contribution is -2.61. The van der Waals surface area contributed by atoms with Gasteiger partial charge in [0.25, 0.3) is 0 Å². The van der Waals surface area contributed by atoms with Crippen LogP contribution in [-0.4, -0.2) is 92.5 Å². The third-order valence-corrected chi connectivity index (χ3v) is 6.66. The molecule has 1 N–H and O–H groups in total. The number of carbonyl (C=O) groups excluding carboxylic acids is 2. The third kappa shape index (κ3) is 3.49. The second-order valence-electron chi connectivity index (χ2n) is 8.27. The Balaban J connectivity index is 1.56. The van der Waals surface area contributed by atoms with E-state index >= 15 is 0 Å². The minimum absolute atomic E-state index is 0.00278. The molecular formula is C21H30N4O3. The van der Waals surface area contributed by atoms with Gasteiger partial charge in [-0.15, -0.1) is 0 Å². The van der Waals surface area contributed by atoms with E-state index in [2.05, 4.69) is 29.4 Å². The van der Waals surface area contributed by atoms with Crippen LogP contribution in [0.4, 0.5) is 0 Å². The van der Waals surface area contributed by atoms with E-state index < -0.39 is 0 Å². The van der Waals surface area contributed by atoms with E-state index in [1.807, 2.05) is 22.9 Å². The molecule has 0 spiro atoms. The van der Waals surface area contributed by atoms with Gasteiger partial charge in [0.1, 0.15) is 5.75 Å². The van der Waals surface area contributed by atoms with E-state index in [1.165, 1.54) is 11.1 Å². The van der Waals surface area contributed by atoms with Gasteiger partial charge in [-0.2, -0.15) is 0 Å². The molecule has 1 aromatic rings. The number of likely N-dealkylation sites (tertiary alicyclic amines) is 1. The summed E-state index contributed by atoms with van der Waals surface area (Å²) in [6.45, 7) is 2.98. The summed E-state index contributed by atoms with van der Waals surface area (Å²) in [4.78, 5) is 31.0. The highest BCUT2D eigenvalue weighted by atomic mass is 16.5. The number of nitrogens with zero attached hydrogens (tertiary/aromatic N) is 3. The fourth-order valence-corrected chi connectivity index (χ4v) is 5.10. The lowest BCUT2D eigenvalue weighted by atomic mass is 9.71. The molecule has 1 aromatic carbocycles. The molecule has 152 valence electrons. The van der Waals surface area contributed by atoms with Gasteiger partial charge in [-0.1, -0.05) is 6.07 Å². The van der Waals surface area contributed by atoms with Gasteiger partial charge < -0.3 is 19.9 Å². The van der Waals surface area contributed by atoms with Crippen LogP contribution in [0.2, 0.25) is 0 Å². The molecule has 2 heterocycles. The van der Waals surface area contributed by atoms with Gasteiger partial charge in [-0.05, 0) is 49.7 Å². The Morgan fingerprint density at radius 1 is 1.36 bits per heavy atom. The van der Waals surface area contributed by atoms with Crippen molar-refractivity contribution in [3.8, 4) is 5.75 Å². The van der Waals surface area contributed by atoms with Crippen molar-refractivity contribution in [1.82, 2.24) is 20.0 Å². The Hall–Kier alpha value is -2.12. The summed E-state index contributed by atoms with van der Waals surface area (Å²) >= 11 is 0. The van der Waals surface area contributed by atoms with Crippen molar-refractivity contribution in [3.63, 3.8) is 0 Å². The summed E-state index contributed by atoms with van der Waals surface area (Å²) in [6.07, 6.45) is 1.97. The molecule has 2 fully saturated rings. The fraction of sp³-hybridized carbons (Fsp3) is 0.619. The van der Waals surface area contributed by atoms with Gasteiger partial charge in [0.2, 0.25) is 11.8 Å². The highest BCUT2D eigenvalue weighted by Gasteiger charge is 2.45. The molecule has 28 heavy (non-hydrogen) atoms. The standard InChI is InChI=1S/C21H30N4O3/c1-23-8-6-16-17-11-15(28-3)5-4-14(17)10-18(23)21(16)24(2)20(27)13-25-9-7-22-19(26)12-25/h4-5,11,16,18,21H,6-10,12-13H2,1-3H3,(H,22,26). The Labute approximate surface area is 166 Å². The van der Waals surface area contributed by atoms with Gasteiger partial charge in [-0.3, -0.25) is 14.5 Å². The van der Waals surface area contributed by atoms with E-state index in [-0.39, 0.29) is 17.9 Å². The SMILES string of the molecule is COc1ccc2c(c1)C1CCN(C)C(C2)C1N(C)C(=O)CN1CCNC(=O)C1. The van der Waals surface area contributed by atoms with Crippen LogP contribution in [-0.2, 0) is 16.0 Å². The first-order chi connectivity index (χ1) is 13.5. The molecule has 4 rings (SSSR count). The van der Waals surface area contributed by atoms with Crippen molar-refractivity contribution in [2.24, 2.45) is 0 Å². The van der Waals surface area contributed by atoms with Crippen LogP contribution in [0, 0.1) is 0 Å². The van der Waals surface area contributed by atoms with E-state index in [4.69, 9.17) is 4.74 Å². The highest BCUT2D eigenvalue weighted by molar-refractivity contribution is 5.82. The number of ether oxygens (including phenoxy) is 1. The average Bonchev–Trinajstić information content (AvgIpc) is 2.69. The maximum atomic E-state index is 13.1. The first-order valence-corrected chi connectivity index (χ1v) is 10.1. The molecule has 2 amide bonds. The molecule has 7 heteroatoms. The Morgan fingerprint density at radius 2 is 2.18 bits per heavy atom. The van der Waals surface area contributed by atoms with Crippen LogP contribution in [0.5, 0.6) is 5.75 Å². The predicted octanol–water partition coefficient (Wildman–Crippen LogP) is 0.298. The monoisotopic (exact) mass is 386 g/mol. The predicted molar refractivity (Wildman–Crippen MR) is 106 cm³/mol. The number of hydrogen-bond acceptors (Lipinski definition) is 5. The summed E-state index contributed by atoms with van der Waals surface area (Å²) in [5, 5.41) is 2.81. The number of piperazine rings is 1. The molecule has 2 bridgehead atoms. The quantitative estimate of drug-likeness (QED) is 0.806. The second-order valence-corrected chi connectivity index (χ2v) is 8.27. The second kappa shape index (κ2) is 7.72. The first-order valence-electron chi connectivity index (χ1n) is 10.1. The summed E-state index contributed by atoms with van der Waals surface area (Å²) in [7, 11) is 5.79. The Morgan fingerprint density at radius 3 is 2.93 bits per heavy atom. The van der Waals surface area contributed by atoms with E-state index in [1.54, 1.807) is 7.11 Å². The van der Waals surface area contributed by atoms with Gasteiger partial charge in [0.05, 0.1) is 26.2 Å². The van der Waals surface area contributed by atoms with Gasteiger partial charge in [0.15, 0.2) is 0 Å². The zero-order valence-electron chi connectivity index (χ0n) is 17.0. The molecule has 2 aliphatic heterocycles. The maximum absolute atomic E-state index is 13.1. The van der Waals surface area contributed by atoms with Crippen LogP contribution < -0.4 is 10.1 Å². The van der Waals surface area contributed by atoms with Crippen LogP contribution in [0.25, 0.3) is 0 Å². The molecule has 3 atom stereocenters. The number of benzene rings is 1. The average molecular weight is 386 g/mol. The Kier molecular flexibility index (Phi) is 5.29. The molecule has 1 aliphatic carbocycles. The molecule has 2 saturated heterocycles. The van der Waals surface area contributed by atoms with Gasteiger partial charge >= 0.3 is 0 Å². The number of amides is 2. The van der Waals surface area contributed by atoms with E-state index in [9.17, 15) is 9.59 Å². The molecule has 7 nitrogen and oxygen atoms in total. The number of rotatable bonds is 4. The lowest BCUT2D eigenvalue weighted by molar-refractivity contribution is -0.137. The summed E-state index contributed by atoms with van der Waals surface area (Å²) in [5.41, 5.74) is 2.69. The zero-order valence-corrected chi connectivity index (χ0v) is 17.0. The third-order valence-electron chi connectivity index (χ3n) is 6.66. The Bertz CT molecular complexity index is 768. The van der Waals surface area contributed by atoms with Crippen molar-refractivity contribution in [3.05, 3.63) is 29.3 Å². The minimum Gasteiger partial charge on any atom is -0.497 e. The molecule has 3 aliphatic rings. The zero-order chi connectivity index (χ0) is 19.8. The molecule has 0 aromatic heterocycles. The van der Waals surface area contributed by atoms with Crippen molar-refractivity contribution >= 4 is 11.8 Å². The topological polar surface area (TPSA) is 65.1 Å². The van der Waals surface area contributed by atoms with Crippen LogP contribution in [0.1, 0.15) is 23.5 Å². The number of likely N-dealkylation sites (N-methyl/N-ethyl adjacent to an activating group) is 2. The van der Waals surface area contributed by atoms with E-state index in [0.29, 0.717) is 31.6 Å². The van der Waals surface area contributed by atoms with Gasteiger partial charge in [0, 0.05) is 32.1 Å². The summed E-state index contributed by atoms with van der Waals surface area (Å²) < 4.78 is 5.46.